The highest BCUT2D eigenvalue weighted by Gasteiger charge is 2.31. The van der Waals surface area contributed by atoms with Crippen molar-refractivity contribution in [1.82, 2.24) is 4.98 Å². The molecule has 1 saturated carbocycles. The number of rotatable bonds is 4. The standard InChI is InChI=1S/C12H18N2O/c1-9(10-3-4-10)14(2)12-7-13-6-5-11(12)8-15/h5-7,9-10,15H,3-4,8H2,1-2H3. The van der Waals surface area contributed by atoms with E-state index in [1.807, 2.05) is 12.3 Å². The van der Waals surface area contributed by atoms with Gasteiger partial charge in [-0.2, -0.15) is 0 Å². The van der Waals surface area contributed by atoms with Crippen LogP contribution in [0, 0.1) is 5.92 Å². The summed E-state index contributed by atoms with van der Waals surface area (Å²) in [6.45, 7) is 2.32. The number of aliphatic hydroxyl groups is 1. The van der Waals surface area contributed by atoms with E-state index in [0.29, 0.717) is 6.04 Å². The lowest BCUT2D eigenvalue weighted by Gasteiger charge is -2.28. The lowest BCUT2D eigenvalue weighted by Crippen LogP contribution is -2.31. The molecule has 1 aromatic rings. The summed E-state index contributed by atoms with van der Waals surface area (Å²) in [5.74, 6) is 0.821. The fourth-order valence-corrected chi connectivity index (χ4v) is 1.98. The third-order valence-electron chi connectivity index (χ3n) is 3.35. The van der Waals surface area contributed by atoms with Gasteiger partial charge >= 0.3 is 0 Å². The van der Waals surface area contributed by atoms with E-state index in [1.165, 1.54) is 12.8 Å². The van der Waals surface area contributed by atoms with Gasteiger partial charge in [0.1, 0.15) is 0 Å². The molecule has 15 heavy (non-hydrogen) atoms. The van der Waals surface area contributed by atoms with Gasteiger partial charge in [0.2, 0.25) is 0 Å². The smallest absolute Gasteiger partial charge is 0.0703 e. The van der Waals surface area contributed by atoms with Gasteiger partial charge in [-0.15, -0.1) is 0 Å². The van der Waals surface area contributed by atoms with Crippen molar-refractivity contribution in [3.63, 3.8) is 0 Å². The van der Waals surface area contributed by atoms with Crippen molar-refractivity contribution in [3.8, 4) is 0 Å². The minimum Gasteiger partial charge on any atom is -0.392 e. The lowest BCUT2D eigenvalue weighted by molar-refractivity contribution is 0.281. The van der Waals surface area contributed by atoms with Gasteiger partial charge < -0.3 is 10.0 Å². The van der Waals surface area contributed by atoms with Gasteiger partial charge in [-0.25, -0.2) is 0 Å². The highest BCUT2D eigenvalue weighted by atomic mass is 16.3. The van der Waals surface area contributed by atoms with Crippen LogP contribution in [0.5, 0.6) is 0 Å². The second-order valence-corrected chi connectivity index (χ2v) is 4.35. The lowest BCUT2D eigenvalue weighted by atomic mass is 10.1. The first-order chi connectivity index (χ1) is 7.24. The van der Waals surface area contributed by atoms with Gasteiger partial charge in [0.15, 0.2) is 0 Å². The summed E-state index contributed by atoms with van der Waals surface area (Å²) < 4.78 is 0. The molecule has 3 nitrogen and oxygen atoms in total. The molecule has 1 aliphatic rings. The van der Waals surface area contributed by atoms with Crippen molar-refractivity contribution in [2.75, 3.05) is 11.9 Å². The molecule has 0 saturated heterocycles. The van der Waals surface area contributed by atoms with Crippen LogP contribution in [-0.4, -0.2) is 23.2 Å². The van der Waals surface area contributed by atoms with Crippen molar-refractivity contribution in [1.29, 1.82) is 0 Å². The number of hydrogen-bond acceptors (Lipinski definition) is 3. The number of pyridine rings is 1. The molecule has 1 N–H and O–H groups in total. The second-order valence-electron chi connectivity index (χ2n) is 4.35. The summed E-state index contributed by atoms with van der Waals surface area (Å²) in [4.78, 5) is 6.36. The fourth-order valence-electron chi connectivity index (χ4n) is 1.98. The van der Waals surface area contributed by atoms with E-state index in [2.05, 4.69) is 23.9 Å². The number of hydrogen-bond donors (Lipinski definition) is 1. The zero-order valence-corrected chi connectivity index (χ0v) is 9.35. The molecule has 0 aliphatic heterocycles. The first-order valence-corrected chi connectivity index (χ1v) is 5.50. The molecule has 0 radical (unpaired) electrons. The SMILES string of the molecule is CC(C1CC1)N(C)c1cnccc1CO. The van der Waals surface area contributed by atoms with E-state index in [-0.39, 0.29) is 6.61 Å². The van der Waals surface area contributed by atoms with Crippen molar-refractivity contribution in [3.05, 3.63) is 24.0 Å². The maximum atomic E-state index is 9.25. The van der Waals surface area contributed by atoms with Crippen molar-refractivity contribution >= 4 is 5.69 Å². The summed E-state index contributed by atoms with van der Waals surface area (Å²) in [6.07, 6.45) is 6.23. The molecular formula is C12H18N2O. The Morgan fingerprint density at radius 1 is 1.60 bits per heavy atom. The summed E-state index contributed by atoms with van der Waals surface area (Å²) >= 11 is 0. The Balaban J connectivity index is 2.19. The van der Waals surface area contributed by atoms with Crippen LogP contribution in [0.3, 0.4) is 0 Å². The molecule has 3 heteroatoms. The second kappa shape index (κ2) is 4.19. The molecule has 1 unspecified atom stereocenters. The van der Waals surface area contributed by atoms with Gasteiger partial charge in [0.25, 0.3) is 0 Å². The fraction of sp³-hybridized carbons (Fsp3) is 0.583. The third-order valence-corrected chi connectivity index (χ3v) is 3.35. The van der Waals surface area contributed by atoms with Crippen LogP contribution in [0.4, 0.5) is 5.69 Å². The quantitative estimate of drug-likeness (QED) is 0.816. The van der Waals surface area contributed by atoms with E-state index in [4.69, 9.17) is 0 Å². The molecule has 1 aliphatic carbocycles. The van der Waals surface area contributed by atoms with Gasteiger partial charge in [-0.1, -0.05) is 0 Å². The molecular weight excluding hydrogens is 188 g/mol. The summed E-state index contributed by atoms with van der Waals surface area (Å²) in [5.41, 5.74) is 2.01. The average Bonchev–Trinajstić information content (AvgIpc) is 3.11. The van der Waals surface area contributed by atoms with Gasteiger partial charge in [0, 0.05) is 24.8 Å². The minimum atomic E-state index is 0.0829. The number of anilines is 1. The molecule has 0 amide bonds. The minimum absolute atomic E-state index is 0.0829. The molecule has 0 spiro atoms. The van der Waals surface area contributed by atoms with Crippen LogP contribution in [0.25, 0.3) is 0 Å². The third kappa shape index (κ3) is 2.12. The molecule has 82 valence electrons. The normalized spacial score (nSPS) is 17.5. The number of aliphatic hydroxyl groups excluding tert-OH is 1. The van der Waals surface area contributed by atoms with Crippen LogP contribution in [0.2, 0.25) is 0 Å². The monoisotopic (exact) mass is 206 g/mol. The van der Waals surface area contributed by atoms with Crippen molar-refractivity contribution in [2.24, 2.45) is 5.92 Å². The van der Waals surface area contributed by atoms with E-state index in [9.17, 15) is 5.11 Å². The summed E-state index contributed by atoms with van der Waals surface area (Å²) in [6, 6.07) is 2.42. The summed E-state index contributed by atoms with van der Waals surface area (Å²) in [7, 11) is 2.08. The average molecular weight is 206 g/mol. The molecule has 1 atom stereocenters. The van der Waals surface area contributed by atoms with Crippen LogP contribution < -0.4 is 4.90 Å². The first-order valence-electron chi connectivity index (χ1n) is 5.50. The van der Waals surface area contributed by atoms with Crippen LogP contribution in [-0.2, 0) is 6.61 Å². The molecule has 1 heterocycles. The maximum Gasteiger partial charge on any atom is 0.0703 e. The van der Waals surface area contributed by atoms with Gasteiger partial charge in [-0.3, -0.25) is 4.98 Å². The summed E-state index contributed by atoms with van der Waals surface area (Å²) in [5, 5.41) is 9.25. The van der Waals surface area contributed by atoms with Crippen LogP contribution in [0.15, 0.2) is 18.5 Å². The van der Waals surface area contributed by atoms with Crippen LogP contribution >= 0.6 is 0 Å². The molecule has 2 rings (SSSR count). The predicted octanol–water partition coefficient (Wildman–Crippen LogP) is 1.81. The topological polar surface area (TPSA) is 36.4 Å². The number of nitrogens with zero attached hydrogens (tertiary/aromatic N) is 2. The zero-order valence-electron chi connectivity index (χ0n) is 9.35. The van der Waals surface area contributed by atoms with Crippen LogP contribution in [0.1, 0.15) is 25.3 Å². The number of aromatic nitrogens is 1. The first kappa shape index (κ1) is 10.4. The Kier molecular flexibility index (Phi) is 2.91. The van der Waals surface area contributed by atoms with E-state index < -0.39 is 0 Å². The Hall–Kier alpha value is -1.09. The largest absolute Gasteiger partial charge is 0.392 e. The predicted molar refractivity (Wildman–Crippen MR) is 60.7 cm³/mol. The van der Waals surface area contributed by atoms with E-state index in [0.717, 1.165) is 17.2 Å². The van der Waals surface area contributed by atoms with Crippen molar-refractivity contribution < 1.29 is 5.11 Å². The molecule has 1 aromatic heterocycles. The Labute approximate surface area is 90.8 Å². The Morgan fingerprint density at radius 2 is 2.33 bits per heavy atom. The Morgan fingerprint density at radius 3 is 2.93 bits per heavy atom. The molecule has 0 aromatic carbocycles. The Bertz CT molecular complexity index is 336. The van der Waals surface area contributed by atoms with E-state index in [1.54, 1.807) is 6.20 Å². The van der Waals surface area contributed by atoms with E-state index >= 15 is 0 Å². The molecule has 0 bridgehead atoms. The van der Waals surface area contributed by atoms with Crippen molar-refractivity contribution in [2.45, 2.75) is 32.4 Å². The highest BCUT2D eigenvalue weighted by molar-refractivity contribution is 5.51. The van der Waals surface area contributed by atoms with Gasteiger partial charge in [-0.05, 0) is 31.7 Å². The van der Waals surface area contributed by atoms with Gasteiger partial charge in [0.05, 0.1) is 18.5 Å². The molecule has 1 fully saturated rings. The zero-order chi connectivity index (χ0) is 10.8. The highest BCUT2D eigenvalue weighted by Crippen LogP contribution is 2.36. The maximum absolute atomic E-state index is 9.25.